The standard InChI is InChI=1S/C13H21NO2/c1-5-16-13-8-6-12(7-9-13)14-10(2)11(3)15-4/h6-11,14H,5H2,1-4H3. The second-order valence-corrected chi connectivity index (χ2v) is 3.83. The molecular weight excluding hydrogens is 202 g/mol. The SMILES string of the molecule is CCOc1ccc(NC(C)C(C)OC)cc1. The van der Waals surface area contributed by atoms with Crippen LogP contribution in [-0.2, 0) is 4.74 Å². The molecule has 0 aromatic heterocycles. The van der Waals surface area contributed by atoms with Gasteiger partial charge in [0.1, 0.15) is 5.75 Å². The summed E-state index contributed by atoms with van der Waals surface area (Å²) in [7, 11) is 1.72. The predicted molar refractivity (Wildman–Crippen MR) is 67.2 cm³/mol. The van der Waals surface area contributed by atoms with Crippen LogP contribution in [0.3, 0.4) is 0 Å². The summed E-state index contributed by atoms with van der Waals surface area (Å²) in [6.45, 7) is 6.83. The van der Waals surface area contributed by atoms with E-state index in [1.54, 1.807) is 7.11 Å². The summed E-state index contributed by atoms with van der Waals surface area (Å²) in [5, 5.41) is 3.38. The van der Waals surface area contributed by atoms with E-state index < -0.39 is 0 Å². The van der Waals surface area contributed by atoms with Gasteiger partial charge in [-0.05, 0) is 45.0 Å². The Hall–Kier alpha value is -1.22. The molecular formula is C13H21NO2. The smallest absolute Gasteiger partial charge is 0.119 e. The van der Waals surface area contributed by atoms with Crippen molar-refractivity contribution in [3.63, 3.8) is 0 Å². The van der Waals surface area contributed by atoms with Gasteiger partial charge in [-0.15, -0.1) is 0 Å². The Morgan fingerprint density at radius 2 is 1.81 bits per heavy atom. The first-order valence-electron chi connectivity index (χ1n) is 5.69. The zero-order chi connectivity index (χ0) is 12.0. The minimum atomic E-state index is 0.187. The van der Waals surface area contributed by atoms with E-state index in [2.05, 4.69) is 12.2 Å². The van der Waals surface area contributed by atoms with E-state index in [-0.39, 0.29) is 12.1 Å². The van der Waals surface area contributed by atoms with Crippen molar-refractivity contribution < 1.29 is 9.47 Å². The molecule has 2 unspecified atom stereocenters. The molecule has 90 valence electrons. The van der Waals surface area contributed by atoms with E-state index in [4.69, 9.17) is 9.47 Å². The normalized spacial score (nSPS) is 14.2. The van der Waals surface area contributed by atoms with Gasteiger partial charge in [0.25, 0.3) is 0 Å². The number of ether oxygens (including phenoxy) is 2. The summed E-state index contributed by atoms with van der Waals surface area (Å²) >= 11 is 0. The van der Waals surface area contributed by atoms with Crippen LogP contribution in [0.25, 0.3) is 0 Å². The van der Waals surface area contributed by atoms with Crippen molar-refractivity contribution >= 4 is 5.69 Å². The molecule has 0 aliphatic heterocycles. The van der Waals surface area contributed by atoms with Crippen LogP contribution in [0.5, 0.6) is 5.75 Å². The Kier molecular flexibility index (Phi) is 5.12. The van der Waals surface area contributed by atoms with Crippen LogP contribution >= 0.6 is 0 Å². The molecule has 1 rings (SSSR count). The second-order valence-electron chi connectivity index (χ2n) is 3.83. The molecule has 0 bridgehead atoms. The summed E-state index contributed by atoms with van der Waals surface area (Å²) in [4.78, 5) is 0. The fourth-order valence-electron chi connectivity index (χ4n) is 1.40. The van der Waals surface area contributed by atoms with Crippen molar-refractivity contribution in [2.24, 2.45) is 0 Å². The lowest BCUT2D eigenvalue weighted by molar-refractivity contribution is 0.106. The van der Waals surface area contributed by atoms with E-state index in [1.807, 2.05) is 38.1 Å². The molecule has 3 nitrogen and oxygen atoms in total. The van der Waals surface area contributed by atoms with Gasteiger partial charge in [-0.1, -0.05) is 0 Å². The highest BCUT2D eigenvalue weighted by Gasteiger charge is 2.10. The first-order chi connectivity index (χ1) is 7.67. The van der Waals surface area contributed by atoms with Crippen LogP contribution in [0.2, 0.25) is 0 Å². The summed E-state index contributed by atoms with van der Waals surface area (Å²) in [5.74, 6) is 0.903. The van der Waals surface area contributed by atoms with Crippen molar-refractivity contribution in [2.75, 3.05) is 19.0 Å². The van der Waals surface area contributed by atoms with Crippen LogP contribution in [-0.4, -0.2) is 25.9 Å². The quantitative estimate of drug-likeness (QED) is 0.804. The minimum absolute atomic E-state index is 0.187. The number of hydrogen-bond donors (Lipinski definition) is 1. The summed E-state index contributed by atoms with van der Waals surface area (Å²) in [6, 6.07) is 8.25. The Morgan fingerprint density at radius 3 is 2.31 bits per heavy atom. The monoisotopic (exact) mass is 223 g/mol. The zero-order valence-corrected chi connectivity index (χ0v) is 10.5. The highest BCUT2D eigenvalue weighted by Crippen LogP contribution is 2.17. The third-order valence-corrected chi connectivity index (χ3v) is 2.64. The van der Waals surface area contributed by atoms with Gasteiger partial charge in [0.2, 0.25) is 0 Å². The fourth-order valence-corrected chi connectivity index (χ4v) is 1.40. The minimum Gasteiger partial charge on any atom is -0.494 e. The van der Waals surface area contributed by atoms with Gasteiger partial charge in [-0.25, -0.2) is 0 Å². The molecule has 0 spiro atoms. The summed E-state index contributed by atoms with van der Waals surface area (Å²) < 4.78 is 10.6. The van der Waals surface area contributed by atoms with Crippen LogP contribution in [0.4, 0.5) is 5.69 Å². The maximum Gasteiger partial charge on any atom is 0.119 e. The molecule has 2 atom stereocenters. The maximum atomic E-state index is 5.38. The highest BCUT2D eigenvalue weighted by molar-refractivity contribution is 5.47. The molecule has 1 N–H and O–H groups in total. The average Bonchev–Trinajstić information content (AvgIpc) is 2.31. The van der Waals surface area contributed by atoms with E-state index in [0.717, 1.165) is 11.4 Å². The Labute approximate surface area is 97.8 Å². The number of hydrogen-bond acceptors (Lipinski definition) is 3. The summed E-state index contributed by atoms with van der Waals surface area (Å²) in [5.41, 5.74) is 1.08. The zero-order valence-electron chi connectivity index (χ0n) is 10.5. The maximum absolute atomic E-state index is 5.38. The van der Waals surface area contributed by atoms with Crippen LogP contribution in [0.1, 0.15) is 20.8 Å². The van der Waals surface area contributed by atoms with Gasteiger partial charge in [0, 0.05) is 18.8 Å². The van der Waals surface area contributed by atoms with Crippen molar-refractivity contribution in [1.29, 1.82) is 0 Å². The Morgan fingerprint density at radius 1 is 1.19 bits per heavy atom. The predicted octanol–water partition coefficient (Wildman–Crippen LogP) is 2.92. The topological polar surface area (TPSA) is 30.5 Å². The highest BCUT2D eigenvalue weighted by atomic mass is 16.5. The third kappa shape index (κ3) is 3.74. The van der Waals surface area contributed by atoms with Crippen LogP contribution in [0, 0.1) is 0 Å². The molecule has 1 aromatic rings. The lowest BCUT2D eigenvalue weighted by Crippen LogP contribution is -2.29. The van der Waals surface area contributed by atoms with E-state index in [9.17, 15) is 0 Å². The van der Waals surface area contributed by atoms with Crippen molar-refractivity contribution in [3.05, 3.63) is 24.3 Å². The molecule has 3 heteroatoms. The lowest BCUT2D eigenvalue weighted by Gasteiger charge is -2.21. The number of rotatable bonds is 6. The Balaban J connectivity index is 2.54. The second kappa shape index (κ2) is 6.38. The molecule has 0 radical (unpaired) electrons. The van der Waals surface area contributed by atoms with Gasteiger partial charge >= 0.3 is 0 Å². The number of benzene rings is 1. The van der Waals surface area contributed by atoms with Crippen molar-refractivity contribution in [2.45, 2.75) is 32.9 Å². The number of methoxy groups -OCH3 is 1. The van der Waals surface area contributed by atoms with Gasteiger partial charge in [-0.3, -0.25) is 0 Å². The van der Waals surface area contributed by atoms with E-state index in [1.165, 1.54) is 0 Å². The molecule has 0 amide bonds. The van der Waals surface area contributed by atoms with E-state index in [0.29, 0.717) is 6.61 Å². The van der Waals surface area contributed by atoms with Crippen molar-refractivity contribution in [3.8, 4) is 5.75 Å². The van der Waals surface area contributed by atoms with Gasteiger partial charge in [0.05, 0.1) is 12.7 Å². The fraction of sp³-hybridized carbons (Fsp3) is 0.538. The van der Waals surface area contributed by atoms with Gasteiger partial charge in [0.15, 0.2) is 0 Å². The molecule has 0 saturated heterocycles. The summed E-state index contributed by atoms with van der Waals surface area (Å²) in [6.07, 6.45) is 0.187. The van der Waals surface area contributed by atoms with Crippen LogP contribution in [0.15, 0.2) is 24.3 Å². The largest absolute Gasteiger partial charge is 0.494 e. The molecule has 0 fully saturated rings. The Bertz CT molecular complexity index is 297. The van der Waals surface area contributed by atoms with E-state index >= 15 is 0 Å². The van der Waals surface area contributed by atoms with Crippen molar-refractivity contribution in [1.82, 2.24) is 0 Å². The average molecular weight is 223 g/mol. The lowest BCUT2D eigenvalue weighted by atomic mass is 10.2. The van der Waals surface area contributed by atoms with Gasteiger partial charge in [-0.2, -0.15) is 0 Å². The first kappa shape index (κ1) is 12.8. The van der Waals surface area contributed by atoms with Gasteiger partial charge < -0.3 is 14.8 Å². The molecule has 0 aliphatic carbocycles. The molecule has 0 aliphatic rings. The molecule has 16 heavy (non-hydrogen) atoms. The molecule has 0 heterocycles. The third-order valence-electron chi connectivity index (χ3n) is 2.64. The molecule has 1 aromatic carbocycles. The first-order valence-corrected chi connectivity index (χ1v) is 5.69. The number of anilines is 1. The molecule has 0 saturated carbocycles. The van der Waals surface area contributed by atoms with Crippen LogP contribution < -0.4 is 10.1 Å². The number of nitrogens with one attached hydrogen (secondary N) is 1.